The quantitative estimate of drug-likeness (QED) is 0.827. The Hall–Kier alpha value is -3.07. The van der Waals surface area contributed by atoms with Gasteiger partial charge in [0.2, 0.25) is 0 Å². The Balaban J connectivity index is 1.55. The fourth-order valence-corrected chi connectivity index (χ4v) is 3.07. The maximum Gasteiger partial charge on any atom is 0.260 e. The molecule has 0 N–H and O–H groups in total. The highest BCUT2D eigenvalue weighted by Crippen LogP contribution is 2.20. The molecule has 0 atom stereocenters. The number of pyridine rings is 1. The monoisotopic (exact) mass is 350 g/mol. The van der Waals surface area contributed by atoms with Gasteiger partial charge in [0.15, 0.2) is 6.61 Å². The number of anilines is 1. The van der Waals surface area contributed by atoms with E-state index in [1.165, 1.54) is 0 Å². The van der Waals surface area contributed by atoms with E-state index in [9.17, 15) is 10.1 Å². The summed E-state index contributed by atoms with van der Waals surface area (Å²) in [5.41, 5.74) is 1.66. The fourth-order valence-electron chi connectivity index (χ4n) is 3.07. The summed E-state index contributed by atoms with van der Waals surface area (Å²) in [4.78, 5) is 20.6. The van der Waals surface area contributed by atoms with Gasteiger partial charge in [0.25, 0.3) is 5.91 Å². The van der Waals surface area contributed by atoms with Gasteiger partial charge in [0.1, 0.15) is 17.6 Å². The van der Waals surface area contributed by atoms with Gasteiger partial charge in [0, 0.05) is 32.4 Å². The van der Waals surface area contributed by atoms with Crippen molar-refractivity contribution in [2.75, 3.05) is 37.7 Å². The molecule has 2 aromatic rings. The number of amides is 1. The molecule has 1 aliphatic heterocycles. The third kappa shape index (κ3) is 3.94. The zero-order valence-corrected chi connectivity index (χ0v) is 14.9. The van der Waals surface area contributed by atoms with Gasteiger partial charge >= 0.3 is 0 Å². The first-order chi connectivity index (χ1) is 12.7. The predicted octanol–water partition coefficient (Wildman–Crippen LogP) is 2.24. The number of nitrogens with zero attached hydrogens (tertiary/aromatic N) is 4. The van der Waals surface area contributed by atoms with Crippen molar-refractivity contribution in [3.8, 4) is 11.8 Å². The lowest BCUT2D eigenvalue weighted by Gasteiger charge is -2.35. The first-order valence-electron chi connectivity index (χ1n) is 8.81. The largest absolute Gasteiger partial charge is 0.483 e. The Morgan fingerprint density at radius 2 is 1.96 bits per heavy atom. The Morgan fingerprint density at radius 1 is 1.19 bits per heavy atom. The molecule has 2 heterocycles. The molecule has 1 aliphatic rings. The van der Waals surface area contributed by atoms with E-state index in [-0.39, 0.29) is 12.5 Å². The molecule has 3 rings (SSSR count). The number of nitriles is 1. The number of benzene rings is 1. The smallest absolute Gasteiger partial charge is 0.260 e. The predicted molar refractivity (Wildman–Crippen MR) is 99.1 cm³/mol. The van der Waals surface area contributed by atoms with Crippen molar-refractivity contribution in [2.45, 2.75) is 13.3 Å². The summed E-state index contributed by atoms with van der Waals surface area (Å²) in [6.07, 6.45) is 2.56. The molecule has 26 heavy (non-hydrogen) atoms. The lowest BCUT2D eigenvalue weighted by molar-refractivity contribution is -0.133. The molecule has 0 unspecified atom stereocenters. The Labute approximate surface area is 153 Å². The zero-order chi connectivity index (χ0) is 18.4. The van der Waals surface area contributed by atoms with Crippen LogP contribution in [0.3, 0.4) is 0 Å². The summed E-state index contributed by atoms with van der Waals surface area (Å²) in [5.74, 6) is 1.45. The molecule has 0 radical (unpaired) electrons. The maximum atomic E-state index is 12.5. The zero-order valence-electron chi connectivity index (χ0n) is 14.9. The van der Waals surface area contributed by atoms with Crippen molar-refractivity contribution in [2.24, 2.45) is 0 Å². The molecular formula is C20H22N4O2. The Morgan fingerprint density at radius 3 is 2.69 bits per heavy atom. The minimum atomic E-state index is -0.0166. The van der Waals surface area contributed by atoms with Gasteiger partial charge in [-0.05, 0) is 30.2 Å². The normalized spacial score (nSPS) is 14.0. The summed E-state index contributed by atoms with van der Waals surface area (Å²) in [7, 11) is 0. The van der Waals surface area contributed by atoms with Crippen LogP contribution in [0.25, 0.3) is 0 Å². The van der Waals surface area contributed by atoms with E-state index < -0.39 is 0 Å². The molecule has 6 heteroatoms. The number of aryl methyl sites for hydroxylation is 1. The molecule has 6 nitrogen and oxygen atoms in total. The molecule has 1 fully saturated rings. The van der Waals surface area contributed by atoms with Crippen molar-refractivity contribution < 1.29 is 9.53 Å². The highest BCUT2D eigenvalue weighted by Gasteiger charge is 2.23. The summed E-state index contributed by atoms with van der Waals surface area (Å²) in [6, 6.07) is 13.5. The van der Waals surface area contributed by atoms with Gasteiger partial charge in [-0.15, -0.1) is 0 Å². The number of piperazine rings is 1. The average molecular weight is 350 g/mol. The number of ether oxygens (including phenoxy) is 1. The molecule has 1 aromatic heterocycles. The molecule has 1 amide bonds. The van der Waals surface area contributed by atoms with Gasteiger partial charge in [-0.3, -0.25) is 4.79 Å². The van der Waals surface area contributed by atoms with Crippen LogP contribution in [0.2, 0.25) is 0 Å². The summed E-state index contributed by atoms with van der Waals surface area (Å²) in [6.45, 7) is 4.62. The number of carbonyl (C=O) groups excluding carboxylic acids is 1. The van der Waals surface area contributed by atoms with Crippen LogP contribution in [0.5, 0.6) is 5.75 Å². The number of para-hydroxylation sites is 1. The molecule has 0 aliphatic carbocycles. The average Bonchev–Trinajstić information content (AvgIpc) is 2.72. The molecule has 1 aromatic carbocycles. The first-order valence-corrected chi connectivity index (χ1v) is 8.81. The van der Waals surface area contributed by atoms with Crippen LogP contribution in [0.4, 0.5) is 5.82 Å². The molecule has 0 bridgehead atoms. The van der Waals surface area contributed by atoms with Crippen LogP contribution in [-0.4, -0.2) is 48.6 Å². The second kappa shape index (κ2) is 8.34. The standard InChI is InChI=1S/C20H22N4O2/c1-2-16-6-3-4-8-18(16)26-15-19(25)23-10-12-24(13-11-23)20-17(14-21)7-5-9-22-20/h3-9H,2,10-13,15H2,1H3. The summed E-state index contributed by atoms with van der Waals surface area (Å²) in [5, 5.41) is 9.21. The van der Waals surface area contributed by atoms with E-state index in [1.807, 2.05) is 24.3 Å². The van der Waals surface area contributed by atoms with Gasteiger partial charge in [0.05, 0.1) is 5.56 Å². The SMILES string of the molecule is CCc1ccccc1OCC(=O)N1CCN(c2ncccc2C#N)CC1. The van der Waals surface area contributed by atoms with E-state index >= 15 is 0 Å². The number of hydrogen-bond donors (Lipinski definition) is 0. The van der Waals surface area contributed by atoms with Crippen LogP contribution in [0.15, 0.2) is 42.6 Å². The number of aromatic nitrogens is 1. The highest BCUT2D eigenvalue weighted by atomic mass is 16.5. The summed E-state index contributed by atoms with van der Waals surface area (Å²) >= 11 is 0. The third-order valence-electron chi connectivity index (χ3n) is 4.54. The second-order valence-electron chi connectivity index (χ2n) is 6.10. The van der Waals surface area contributed by atoms with E-state index in [2.05, 4.69) is 22.9 Å². The van der Waals surface area contributed by atoms with Crippen molar-refractivity contribution in [3.05, 3.63) is 53.7 Å². The Bertz CT molecular complexity index is 807. The molecule has 0 saturated carbocycles. The maximum absolute atomic E-state index is 12.5. The summed E-state index contributed by atoms with van der Waals surface area (Å²) < 4.78 is 5.73. The first kappa shape index (κ1) is 17.7. The van der Waals surface area contributed by atoms with Crippen molar-refractivity contribution >= 4 is 11.7 Å². The van der Waals surface area contributed by atoms with Gasteiger partial charge < -0.3 is 14.5 Å². The number of hydrogen-bond acceptors (Lipinski definition) is 5. The molecular weight excluding hydrogens is 328 g/mol. The topological polar surface area (TPSA) is 69.5 Å². The second-order valence-corrected chi connectivity index (χ2v) is 6.10. The van der Waals surface area contributed by atoms with Crippen LogP contribution in [0, 0.1) is 11.3 Å². The van der Waals surface area contributed by atoms with E-state index in [0.29, 0.717) is 37.6 Å². The number of carbonyl (C=O) groups is 1. The third-order valence-corrected chi connectivity index (χ3v) is 4.54. The van der Waals surface area contributed by atoms with Crippen LogP contribution >= 0.6 is 0 Å². The minimum absolute atomic E-state index is 0.0166. The van der Waals surface area contributed by atoms with Crippen molar-refractivity contribution in [1.29, 1.82) is 5.26 Å². The van der Waals surface area contributed by atoms with Gasteiger partial charge in [-0.1, -0.05) is 25.1 Å². The lowest BCUT2D eigenvalue weighted by Crippen LogP contribution is -2.50. The van der Waals surface area contributed by atoms with Gasteiger partial charge in [-0.2, -0.15) is 5.26 Å². The highest BCUT2D eigenvalue weighted by molar-refractivity contribution is 5.78. The van der Waals surface area contributed by atoms with Crippen LogP contribution < -0.4 is 9.64 Å². The molecule has 0 spiro atoms. The molecule has 1 saturated heterocycles. The fraction of sp³-hybridized carbons (Fsp3) is 0.350. The van der Waals surface area contributed by atoms with E-state index in [1.54, 1.807) is 23.2 Å². The van der Waals surface area contributed by atoms with Crippen molar-refractivity contribution in [1.82, 2.24) is 9.88 Å². The van der Waals surface area contributed by atoms with E-state index in [4.69, 9.17) is 4.74 Å². The van der Waals surface area contributed by atoms with Crippen LogP contribution in [0.1, 0.15) is 18.1 Å². The Kier molecular flexibility index (Phi) is 5.69. The molecule has 134 valence electrons. The lowest BCUT2D eigenvalue weighted by atomic mass is 10.1. The van der Waals surface area contributed by atoms with Crippen LogP contribution in [-0.2, 0) is 11.2 Å². The minimum Gasteiger partial charge on any atom is -0.483 e. The number of rotatable bonds is 5. The van der Waals surface area contributed by atoms with E-state index in [0.717, 1.165) is 17.7 Å². The van der Waals surface area contributed by atoms with Crippen molar-refractivity contribution in [3.63, 3.8) is 0 Å². The van der Waals surface area contributed by atoms with Gasteiger partial charge in [-0.25, -0.2) is 4.98 Å².